The number of pyridine rings is 1. The monoisotopic (exact) mass is 440 g/mol. The maximum Gasteiger partial charge on any atom is 0.251 e. The maximum atomic E-state index is 13.2. The van der Waals surface area contributed by atoms with Gasteiger partial charge < -0.3 is 5.32 Å². The third-order valence-corrected chi connectivity index (χ3v) is 5.33. The summed E-state index contributed by atoms with van der Waals surface area (Å²) >= 11 is 0. The average Bonchev–Trinajstić information content (AvgIpc) is 3.27. The minimum atomic E-state index is -0.276. The number of rotatable bonds is 7. The molecule has 0 spiro atoms. The summed E-state index contributed by atoms with van der Waals surface area (Å²) < 4.78 is 1.98. The van der Waals surface area contributed by atoms with Crippen molar-refractivity contribution in [3.63, 3.8) is 0 Å². The predicted octanol–water partition coefficient (Wildman–Crippen LogP) is 4.86. The van der Waals surface area contributed by atoms with Gasteiger partial charge >= 0.3 is 0 Å². The van der Waals surface area contributed by atoms with Gasteiger partial charge in [0.1, 0.15) is 0 Å². The van der Waals surface area contributed by atoms with Gasteiger partial charge in [-0.15, -0.1) is 0 Å². The highest BCUT2D eigenvalue weighted by Gasteiger charge is 2.17. The molecule has 1 aromatic carbocycles. The van der Waals surface area contributed by atoms with E-state index in [-0.39, 0.29) is 11.9 Å². The number of hydrogen-bond donors (Lipinski definition) is 1. The van der Waals surface area contributed by atoms with Gasteiger partial charge in [-0.2, -0.15) is 5.10 Å². The van der Waals surface area contributed by atoms with Gasteiger partial charge in [0.05, 0.1) is 29.3 Å². The molecule has 1 N–H and O–H groups in total. The van der Waals surface area contributed by atoms with Gasteiger partial charge in [-0.3, -0.25) is 24.4 Å². The van der Waals surface area contributed by atoms with Crippen LogP contribution in [-0.4, -0.2) is 30.6 Å². The van der Waals surface area contributed by atoms with Gasteiger partial charge in [0, 0.05) is 48.0 Å². The Morgan fingerprint density at radius 3 is 2.48 bits per heavy atom. The molecule has 4 rings (SSSR count). The SMILES string of the molecule is Cc1ccc(-c2cc(C(=O)NC(C)c3cnccn3)cc(-c3ccnn3CC(C)C)c2)nc1. The molecule has 1 unspecified atom stereocenters. The molecule has 0 aliphatic rings. The zero-order valence-electron chi connectivity index (χ0n) is 19.4. The van der Waals surface area contributed by atoms with Gasteiger partial charge in [-0.25, -0.2) is 0 Å². The van der Waals surface area contributed by atoms with E-state index in [0.717, 1.165) is 34.6 Å². The average molecular weight is 441 g/mol. The molecule has 3 heterocycles. The molecule has 1 amide bonds. The van der Waals surface area contributed by atoms with Crippen LogP contribution in [0.3, 0.4) is 0 Å². The fourth-order valence-electron chi connectivity index (χ4n) is 3.65. The Balaban J connectivity index is 1.74. The van der Waals surface area contributed by atoms with Crippen LogP contribution in [0.25, 0.3) is 22.5 Å². The summed E-state index contributed by atoms with van der Waals surface area (Å²) in [4.78, 5) is 26.2. The second kappa shape index (κ2) is 9.73. The number of nitrogens with one attached hydrogen (secondary N) is 1. The number of hydrogen-bond acceptors (Lipinski definition) is 5. The lowest BCUT2D eigenvalue weighted by Crippen LogP contribution is -2.27. The second-order valence-corrected chi connectivity index (χ2v) is 8.64. The number of amides is 1. The van der Waals surface area contributed by atoms with Gasteiger partial charge in [0.15, 0.2) is 0 Å². The zero-order valence-corrected chi connectivity index (χ0v) is 19.4. The topological polar surface area (TPSA) is 85.6 Å². The van der Waals surface area contributed by atoms with Crippen molar-refractivity contribution in [3.8, 4) is 22.5 Å². The van der Waals surface area contributed by atoms with Crippen LogP contribution in [0, 0.1) is 12.8 Å². The fraction of sp³-hybridized carbons (Fsp3) is 0.269. The summed E-state index contributed by atoms with van der Waals surface area (Å²) in [5.74, 6) is 0.263. The van der Waals surface area contributed by atoms with Crippen LogP contribution in [0.15, 0.2) is 67.4 Å². The first-order chi connectivity index (χ1) is 15.9. The van der Waals surface area contributed by atoms with Crippen molar-refractivity contribution in [2.75, 3.05) is 0 Å². The summed E-state index contributed by atoms with van der Waals surface area (Å²) in [7, 11) is 0. The van der Waals surface area contributed by atoms with Crippen molar-refractivity contribution in [1.82, 2.24) is 30.0 Å². The fourth-order valence-corrected chi connectivity index (χ4v) is 3.65. The van der Waals surface area contributed by atoms with Crippen molar-refractivity contribution in [2.24, 2.45) is 5.92 Å². The molecule has 0 radical (unpaired) electrons. The van der Waals surface area contributed by atoms with E-state index in [1.54, 1.807) is 24.8 Å². The van der Waals surface area contributed by atoms with E-state index < -0.39 is 0 Å². The predicted molar refractivity (Wildman–Crippen MR) is 128 cm³/mol. The van der Waals surface area contributed by atoms with E-state index in [9.17, 15) is 4.79 Å². The van der Waals surface area contributed by atoms with Crippen LogP contribution in [-0.2, 0) is 6.54 Å². The van der Waals surface area contributed by atoms with E-state index in [1.807, 2.05) is 55.1 Å². The standard InChI is InChI=1S/C26H28N6O/c1-17(2)16-32-25(7-8-30-32)21-11-20(23-6-5-18(3)14-29-23)12-22(13-21)26(33)31-19(4)24-15-27-9-10-28-24/h5-15,17,19H,16H2,1-4H3,(H,31,33). The minimum Gasteiger partial charge on any atom is -0.344 e. The molecule has 0 aliphatic heterocycles. The lowest BCUT2D eigenvalue weighted by atomic mass is 10.00. The quantitative estimate of drug-likeness (QED) is 0.444. The molecule has 3 aromatic heterocycles. The Kier molecular flexibility index (Phi) is 6.58. The van der Waals surface area contributed by atoms with Crippen molar-refractivity contribution < 1.29 is 4.79 Å². The Morgan fingerprint density at radius 2 is 1.79 bits per heavy atom. The minimum absolute atomic E-state index is 0.182. The van der Waals surface area contributed by atoms with Crippen LogP contribution in [0.2, 0.25) is 0 Å². The number of carbonyl (C=O) groups excluding carboxylic acids is 1. The number of aromatic nitrogens is 5. The van der Waals surface area contributed by atoms with Gasteiger partial charge in [-0.1, -0.05) is 19.9 Å². The highest BCUT2D eigenvalue weighted by Crippen LogP contribution is 2.28. The normalized spacial score (nSPS) is 12.0. The van der Waals surface area contributed by atoms with Crippen molar-refractivity contribution in [2.45, 2.75) is 40.3 Å². The molecular weight excluding hydrogens is 412 g/mol. The Bertz CT molecular complexity index is 1230. The molecule has 33 heavy (non-hydrogen) atoms. The van der Waals surface area contributed by atoms with E-state index in [1.165, 1.54) is 0 Å². The highest BCUT2D eigenvalue weighted by atomic mass is 16.1. The summed E-state index contributed by atoms with van der Waals surface area (Å²) in [5.41, 5.74) is 5.92. The Morgan fingerprint density at radius 1 is 0.970 bits per heavy atom. The zero-order chi connectivity index (χ0) is 23.4. The van der Waals surface area contributed by atoms with Crippen LogP contribution >= 0.6 is 0 Å². The maximum absolute atomic E-state index is 13.2. The van der Waals surface area contributed by atoms with Crippen molar-refractivity contribution in [3.05, 3.63) is 84.2 Å². The molecular formula is C26H28N6O. The Labute approximate surface area is 193 Å². The molecule has 0 fully saturated rings. The molecule has 0 bridgehead atoms. The van der Waals surface area contributed by atoms with Crippen LogP contribution in [0.4, 0.5) is 0 Å². The van der Waals surface area contributed by atoms with E-state index >= 15 is 0 Å². The summed E-state index contributed by atoms with van der Waals surface area (Å²) in [5, 5.41) is 7.53. The third-order valence-electron chi connectivity index (χ3n) is 5.33. The molecule has 1 atom stereocenters. The van der Waals surface area contributed by atoms with E-state index in [4.69, 9.17) is 0 Å². The highest BCUT2D eigenvalue weighted by molar-refractivity contribution is 5.97. The second-order valence-electron chi connectivity index (χ2n) is 8.64. The van der Waals surface area contributed by atoms with Crippen molar-refractivity contribution >= 4 is 5.91 Å². The van der Waals surface area contributed by atoms with Crippen LogP contribution < -0.4 is 5.32 Å². The number of carbonyl (C=O) groups is 1. The first-order valence-electron chi connectivity index (χ1n) is 11.1. The summed E-state index contributed by atoms with van der Waals surface area (Å²) in [6.07, 6.45) is 8.52. The molecule has 7 heteroatoms. The molecule has 168 valence electrons. The first-order valence-corrected chi connectivity index (χ1v) is 11.1. The lowest BCUT2D eigenvalue weighted by molar-refractivity contribution is 0.0939. The Hall–Kier alpha value is -3.87. The number of nitrogens with zero attached hydrogens (tertiary/aromatic N) is 5. The summed E-state index contributed by atoms with van der Waals surface area (Å²) in [6, 6.07) is 11.6. The number of aryl methyl sites for hydroxylation is 1. The van der Waals surface area contributed by atoms with Gasteiger partial charge in [-0.05, 0) is 55.7 Å². The molecule has 7 nitrogen and oxygen atoms in total. The third kappa shape index (κ3) is 5.31. The van der Waals surface area contributed by atoms with E-state index in [2.05, 4.69) is 45.3 Å². The smallest absolute Gasteiger partial charge is 0.251 e. The molecule has 4 aromatic rings. The molecule has 0 saturated carbocycles. The number of benzene rings is 1. The molecule has 0 aliphatic carbocycles. The summed E-state index contributed by atoms with van der Waals surface area (Å²) in [6.45, 7) is 9.01. The molecule has 0 saturated heterocycles. The van der Waals surface area contributed by atoms with Crippen LogP contribution in [0.5, 0.6) is 0 Å². The lowest BCUT2D eigenvalue weighted by Gasteiger charge is -2.16. The first kappa shape index (κ1) is 22.3. The van der Waals surface area contributed by atoms with Gasteiger partial charge in [0.2, 0.25) is 0 Å². The van der Waals surface area contributed by atoms with Gasteiger partial charge in [0.25, 0.3) is 5.91 Å². The largest absolute Gasteiger partial charge is 0.344 e. The van der Waals surface area contributed by atoms with Crippen LogP contribution in [0.1, 0.15) is 48.4 Å². The van der Waals surface area contributed by atoms with E-state index in [0.29, 0.717) is 17.2 Å². The van der Waals surface area contributed by atoms with Crippen molar-refractivity contribution in [1.29, 1.82) is 0 Å².